The number of aromatic nitrogens is 3. The zero-order chi connectivity index (χ0) is 27.9. The Balaban J connectivity index is 1.28. The largest absolute Gasteiger partial charge is 0.366 e. The second kappa shape index (κ2) is 10.4. The molecule has 3 heterocycles. The highest BCUT2D eigenvalue weighted by Gasteiger charge is 2.49. The third kappa shape index (κ3) is 5.18. The second-order valence-electron chi connectivity index (χ2n) is 12.1. The normalized spacial score (nSPS) is 23.9. The summed E-state index contributed by atoms with van der Waals surface area (Å²) in [7, 11) is 3.65. The number of hydrogen-bond donors (Lipinski definition) is 3. The Morgan fingerprint density at radius 1 is 1.21 bits per heavy atom. The van der Waals surface area contributed by atoms with E-state index in [-0.39, 0.29) is 29.3 Å². The van der Waals surface area contributed by atoms with Gasteiger partial charge in [0.2, 0.25) is 17.6 Å². The van der Waals surface area contributed by atoms with Crippen LogP contribution >= 0.6 is 0 Å². The van der Waals surface area contributed by atoms with Gasteiger partial charge in [0.15, 0.2) is 0 Å². The summed E-state index contributed by atoms with van der Waals surface area (Å²) in [6.07, 6.45) is 8.59. The molecule has 4 N–H and O–H groups in total. The van der Waals surface area contributed by atoms with Crippen LogP contribution in [0, 0.1) is 24.7 Å². The highest BCUT2D eigenvalue weighted by molar-refractivity contribution is 5.90. The van der Waals surface area contributed by atoms with Crippen molar-refractivity contribution in [1.82, 2.24) is 25.0 Å². The molecule has 0 aromatic carbocycles. The highest BCUT2D eigenvalue weighted by atomic mass is 16.2. The Hall–Kier alpha value is -3.27. The topological polar surface area (TPSA) is 124 Å². The number of nitrogens with one attached hydrogen (secondary N) is 2. The van der Waals surface area contributed by atoms with Crippen LogP contribution in [0.2, 0.25) is 0 Å². The number of carbonyl (C=O) groups excluding carboxylic acids is 2. The summed E-state index contributed by atoms with van der Waals surface area (Å²) >= 11 is 0. The number of rotatable bonds is 8. The molecule has 0 radical (unpaired) electrons. The zero-order valence-corrected chi connectivity index (χ0v) is 24.1. The van der Waals surface area contributed by atoms with E-state index in [1.54, 1.807) is 7.05 Å². The summed E-state index contributed by atoms with van der Waals surface area (Å²) in [5.41, 5.74) is 6.79. The molecule has 1 aliphatic heterocycles. The summed E-state index contributed by atoms with van der Waals surface area (Å²) < 4.78 is 2.29. The summed E-state index contributed by atoms with van der Waals surface area (Å²) in [5.74, 6) is 0.721. The minimum Gasteiger partial charge on any atom is -0.366 e. The fraction of sp³-hybridized carbons (Fsp3) is 0.621. The van der Waals surface area contributed by atoms with E-state index in [0.29, 0.717) is 0 Å². The predicted octanol–water partition coefficient (Wildman–Crippen LogP) is 1.97. The molecule has 2 bridgehead atoms. The number of likely N-dealkylation sites (N-methyl/N-ethyl adjacent to an activating group) is 1. The van der Waals surface area contributed by atoms with Crippen LogP contribution in [-0.2, 0) is 29.1 Å². The van der Waals surface area contributed by atoms with Crippen molar-refractivity contribution in [2.45, 2.75) is 84.3 Å². The number of amides is 2. The average molecular weight is 536 g/mol. The molecule has 6 rings (SSSR count). The number of nitrogens with two attached hydrogens (primary N) is 1. The van der Waals surface area contributed by atoms with Crippen molar-refractivity contribution >= 4 is 29.5 Å². The van der Waals surface area contributed by atoms with Crippen molar-refractivity contribution in [2.75, 3.05) is 32.1 Å². The SMILES string of the molecule is C[NH2+]c1nc(C)cc(N2CCc3c(c(C)nn3CC34CCC(NC(=O)CN(C)C(C)=O)(CC3)CC4)C2)c1C=N. The van der Waals surface area contributed by atoms with E-state index in [2.05, 4.69) is 32.9 Å². The molecule has 10 nitrogen and oxygen atoms in total. The minimum atomic E-state index is -0.125. The minimum absolute atomic E-state index is 0.0528. The number of pyridine rings is 1. The van der Waals surface area contributed by atoms with Crippen molar-refractivity contribution < 1.29 is 14.9 Å². The first-order chi connectivity index (χ1) is 18.6. The summed E-state index contributed by atoms with van der Waals surface area (Å²) in [5, 5.41) is 18.4. The van der Waals surface area contributed by atoms with Gasteiger partial charge in [0.1, 0.15) is 0 Å². The number of hydrogen-bond acceptors (Lipinski definition) is 6. The van der Waals surface area contributed by atoms with E-state index < -0.39 is 0 Å². The zero-order valence-electron chi connectivity index (χ0n) is 24.1. The Morgan fingerprint density at radius 2 is 1.90 bits per heavy atom. The van der Waals surface area contributed by atoms with E-state index >= 15 is 0 Å². The van der Waals surface area contributed by atoms with Gasteiger partial charge in [0, 0.05) is 68.7 Å². The van der Waals surface area contributed by atoms with Crippen molar-refractivity contribution in [1.29, 1.82) is 5.41 Å². The number of carbonyl (C=O) groups is 2. The van der Waals surface area contributed by atoms with E-state index in [0.717, 1.165) is 93.0 Å². The lowest BCUT2D eigenvalue weighted by Gasteiger charge is -2.53. The maximum atomic E-state index is 12.6. The van der Waals surface area contributed by atoms with E-state index in [1.807, 2.05) is 19.3 Å². The third-order valence-corrected chi connectivity index (χ3v) is 9.50. The molecule has 0 spiro atoms. The number of nitrogens with zero attached hydrogens (tertiary/aromatic N) is 5. The molecule has 0 unspecified atom stereocenters. The summed E-state index contributed by atoms with van der Waals surface area (Å²) in [4.78, 5) is 32.6. The van der Waals surface area contributed by atoms with Gasteiger partial charge in [0.05, 0.1) is 30.5 Å². The van der Waals surface area contributed by atoms with E-state index in [9.17, 15) is 9.59 Å². The van der Waals surface area contributed by atoms with Crippen molar-refractivity contribution in [3.05, 3.63) is 34.3 Å². The molecule has 2 aromatic rings. The smallest absolute Gasteiger partial charge is 0.240 e. The Labute approximate surface area is 231 Å². The Kier molecular flexibility index (Phi) is 7.26. The van der Waals surface area contributed by atoms with Gasteiger partial charge in [-0.2, -0.15) is 5.10 Å². The molecule has 3 saturated carbocycles. The van der Waals surface area contributed by atoms with Crippen molar-refractivity contribution in [3.63, 3.8) is 0 Å². The van der Waals surface area contributed by atoms with Gasteiger partial charge >= 0.3 is 0 Å². The fourth-order valence-corrected chi connectivity index (χ4v) is 6.99. The van der Waals surface area contributed by atoms with Crippen LogP contribution < -0.4 is 15.5 Å². The van der Waals surface area contributed by atoms with Gasteiger partial charge in [-0.25, -0.2) is 4.98 Å². The monoisotopic (exact) mass is 535 g/mol. The molecule has 3 aliphatic carbocycles. The molecule has 210 valence electrons. The van der Waals surface area contributed by atoms with Crippen LogP contribution in [0.25, 0.3) is 0 Å². The van der Waals surface area contributed by atoms with Crippen LogP contribution in [0.5, 0.6) is 0 Å². The molecular formula is C29H43N8O2+. The van der Waals surface area contributed by atoms with Crippen LogP contribution in [0.3, 0.4) is 0 Å². The molecule has 3 fully saturated rings. The maximum absolute atomic E-state index is 12.6. The van der Waals surface area contributed by atoms with Gasteiger partial charge in [-0.15, -0.1) is 0 Å². The molecule has 39 heavy (non-hydrogen) atoms. The predicted molar refractivity (Wildman–Crippen MR) is 150 cm³/mol. The van der Waals surface area contributed by atoms with Crippen LogP contribution in [0.1, 0.15) is 73.7 Å². The van der Waals surface area contributed by atoms with Crippen molar-refractivity contribution in [2.24, 2.45) is 5.41 Å². The highest BCUT2D eigenvalue weighted by Crippen LogP contribution is 2.53. The van der Waals surface area contributed by atoms with Crippen LogP contribution in [0.4, 0.5) is 11.5 Å². The molecule has 10 heteroatoms. The quantitative estimate of drug-likeness (QED) is 0.446. The average Bonchev–Trinajstić information content (AvgIpc) is 3.22. The number of fused-ring (bicyclic) bond motifs is 4. The van der Waals surface area contributed by atoms with Gasteiger partial charge in [-0.3, -0.25) is 19.6 Å². The maximum Gasteiger partial charge on any atom is 0.240 e. The first kappa shape index (κ1) is 27.3. The molecule has 0 saturated heterocycles. The van der Waals surface area contributed by atoms with Gasteiger partial charge in [-0.1, -0.05) is 0 Å². The first-order valence-corrected chi connectivity index (χ1v) is 14.2. The summed E-state index contributed by atoms with van der Waals surface area (Å²) in [6.45, 7) is 8.38. The lowest BCUT2D eigenvalue weighted by atomic mass is 9.57. The third-order valence-electron chi connectivity index (χ3n) is 9.50. The van der Waals surface area contributed by atoms with Crippen LogP contribution in [-0.4, -0.2) is 70.4 Å². The molecule has 2 aromatic heterocycles. The molecular weight excluding hydrogens is 492 g/mol. The second-order valence-corrected chi connectivity index (χ2v) is 12.1. The van der Waals surface area contributed by atoms with Crippen molar-refractivity contribution in [3.8, 4) is 0 Å². The lowest BCUT2D eigenvalue weighted by Crippen LogP contribution is -2.74. The Morgan fingerprint density at radius 3 is 2.51 bits per heavy atom. The Bertz CT molecular complexity index is 1270. The number of quaternary nitrogens is 1. The molecule has 0 atom stereocenters. The van der Waals surface area contributed by atoms with Gasteiger partial charge < -0.3 is 20.5 Å². The standard InChI is InChI=1S/C29H42N8O2/c1-19-14-25(22(15-30)27(31-4)32-19)36-13-6-24-23(16-36)20(2)34-37(24)18-28-7-10-29(11-8-28,12-9-28)33-26(39)17-35(5)21(3)38/h14-15,30H,6-13,16-18H2,1-5H3,(H,31,32)(H,33,39)/p+1. The van der Waals surface area contributed by atoms with Gasteiger partial charge in [0.25, 0.3) is 0 Å². The molecule has 2 amide bonds. The van der Waals surface area contributed by atoms with Gasteiger partial charge in [-0.05, 0) is 63.9 Å². The molecule has 4 aliphatic rings. The summed E-state index contributed by atoms with van der Waals surface area (Å²) in [6, 6.07) is 2.10. The number of aryl methyl sites for hydroxylation is 2. The van der Waals surface area contributed by atoms with E-state index in [4.69, 9.17) is 10.5 Å². The fourth-order valence-electron chi connectivity index (χ4n) is 6.99. The number of anilines is 1. The van der Waals surface area contributed by atoms with Crippen LogP contribution in [0.15, 0.2) is 6.07 Å². The lowest BCUT2D eigenvalue weighted by molar-refractivity contribution is -0.543. The van der Waals surface area contributed by atoms with E-state index in [1.165, 1.54) is 29.3 Å². The first-order valence-electron chi connectivity index (χ1n) is 14.2.